The second-order valence-corrected chi connectivity index (χ2v) is 5.14. The smallest absolute Gasteiger partial charge is 0.0772 e. The Morgan fingerprint density at radius 3 is 2.89 bits per heavy atom. The molecule has 0 saturated heterocycles. The predicted octanol–water partition coefficient (Wildman–Crippen LogP) is 2.83. The molecule has 19 heavy (non-hydrogen) atoms. The Morgan fingerprint density at radius 1 is 1.21 bits per heavy atom. The Balaban J connectivity index is 1.74. The van der Waals surface area contributed by atoms with E-state index >= 15 is 0 Å². The third-order valence-corrected chi connectivity index (χ3v) is 3.71. The summed E-state index contributed by atoms with van der Waals surface area (Å²) in [5.41, 5.74) is 8.90. The van der Waals surface area contributed by atoms with Crippen LogP contribution in [0.25, 0.3) is 0 Å². The van der Waals surface area contributed by atoms with E-state index in [4.69, 9.17) is 15.2 Å². The van der Waals surface area contributed by atoms with Gasteiger partial charge in [-0.1, -0.05) is 37.6 Å². The molecule has 3 nitrogen and oxygen atoms in total. The summed E-state index contributed by atoms with van der Waals surface area (Å²) in [5, 5.41) is 0. The summed E-state index contributed by atoms with van der Waals surface area (Å²) < 4.78 is 11.4. The van der Waals surface area contributed by atoms with Crippen molar-refractivity contribution in [3.63, 3.8) is 0 Å². The van der Waals surface area contributed by atoms with Gasteiger partial charge in [-0.15, -0.1) is 0 Å². The predicted molar refractivity (Wildman–Crippen MR) is 77.2 cm³/mol. The minimum atomic E-state index is 0.000548. The van der Waals surface area contributed by atoms with Crippen molar-refractivity contribution in [2.75, 3.05) is 19.8 Å². The highest BCUT2D eigenvalue weighted by atomic mass is 16.5. The second kappa shape index (κ2) is 7.63. The van der Waals surface area contributed by atoms with E-state index in [0.717, 1.165) is 25.9 Å². The largest absolute Gasteiger partial charge is 0.379 e. The highest BCUT2D eigenvalue weighted by Gasteiger charge is 2.26. The highest BCUT2D eigenvalue weighted by Crippen LogP contribution is 2.29. The van der Waals surface area contributed by atoms with Crippen molar-refractivity contribution in [1.82, 2.24) is 0 Å². The van der Waals surface area contributed by atoms with Gasteiger partial charge in [0.15, 0.2) is 0 Å². The zero-order valence-electron chi connectivity index (χ0n) is 11.8. The molecule has 0 aliphatic heterocycles. The second-order valence-electron chi connectivity index (χ2n) is 5.14. The molecule has 2 rings (SSSR count). The molecule has 0 saturated carbocycles. The first kappa shape index (κ1) is 14.5. The highest BCUT2D eigenvalue weighted by molar-refractivity contribution is 5.33. The van der Waals surface area contributed by atoms with E-state index in [9.17, 15) is 0 Å². The molecule has 3 heteroatoms. The molecule has 1 aliphatic carbocycles. The van der Waals surface area contributed by atoms with Crippen LogP contribution in [-0.4, -0.2) is 25.9 Å². The first-order chi connectivity index (χ1) is 9.33. The van der Waals surface area contributed by atoms with Gasteiger partial charge >= 0.3 is 0 Å². The minimum Gasteiger partial charge on any atom is -0.379 e. The fourth-order valence-corrected chi connectivity index (χ4v) is 2.56. The van der Waals surface area contributed by atoms with Gasteiger partial charge in [0.1, 0.15) is 0 Å². The molecule has 2 atom stereocenters. The number of hydrogen-bond donors (Lipinski definition) is 1. The van der Waals surface area contributed by atoms with Crippen molar-refractivity contribution >= 4 is 0 Å². The van der Waals surface area contributed by atoms with Crippen molar-refractivity contribution in [3.8, 4) is 0 Å². The standard InChI is InChI=1S/C16H25NO2/c1-2-3-10-18-11-12-19-15-9-8-13-6-4-5-7-14(13)16(15)17/h4-7,15-16H,2-3,8-12,17H2,1H3. The Hall–Kier alpha value is -0.900. The molecule has 0 amide bonds. The van der Waals surface area contributed by atoms with Crippen LogP contribution in [0.5, 0.6) is 0 Å². The third kappa shape index (κ3) is 4.03. The van der Waals surface area contributed by atoms with Crippen LogP contribution in [0.15, 0.2) is 24.3 Å². The number of nitrogens with two attached hydrogens (primary N) is 1. The van der Waals surface area contributed by atoms with Crippen LogP contribution >= 0.6 is 0 Å². The van der Waals surface area contributed by atoms with Crippen molar-refractivity contribution in [1.29, 1.82) is 0 Å². The summed E-state index contributed by atoms with van der Waals surface area (Å²) >= 11 is 0. The molecule has 2 N–H and O–H groups in total. The topological polar surface area (TPSA) is 44.5 Å². The number of unbranched alkanes of at least 4 members (excludes halogenated alkanes) is 1. The number of rotatable bonds is 7. The molecular formula is C16H25NO2. The Morgan fingerprint density at radius 2 is 2.05 bits per heavy atom. The summed E-state index contributed by atoms with van der Waals surface area (Å²) in [4.78, 5) is 0. The summed E-state index contributed by atoms with van der Waals surface area (Å²) in [6.45, 7) is 4.31. The lowest BCUT2D eigenvalue weighted by molar-refractivity contribution is -0.0130. The molecular weight excluding hydrogens is 238 g/mol. The normalized spacial score (nSPS) is 22.2. The number of aryl methyl sites for hydroxylation is 1. The Kier molecular flexibility index (Phi) is 5.83. The van der Waals surface area contributed by atoms with E-state index < -0.39 is 0 Å². The van der Waals surface area contributed by atoms with Crippen LogP contribution in [0.1, 0.15) is 43.4 Å². The fourth-order valence-electron chi connectivity index (χ4n) is 2.56. The monoisotopic (exact) mass is 263 g/mol. The lowest BCUT2D eigenvalue weighted by Gasteiger charge is -2.31. The van der Waals surface area contributed by atoms with E-state index in [-0.39, 0.29) is 12.1 Å². The molecule has 2 unspecified atom stereocenters. The van der Waals surface area contributed by atoms with E-state index in [2.05, 4.69) is 31.2 Å². The molecule has 1 aromatic rings. The molecule has 0 bridgehead atoms. The minimum absolute atomic E-state index is 0.000548. The van der Waals surface area contributed by atoms with E-state index in [1.54, 1.807) is 0 Å². The summed E-state index contributed by atoms with van der Waals surface area (Å²) in [7, 11) is 0. The first-order valence-corrected chi connectivity index (χ1v) is 7.35. The maximum absolute atomic E-state index is 6.29. The van der Waals surface area contributed by atoms with Gasteiger partial charge in [0, 0.05) is 6.61 Å². The maximum atomic E-state index is 6.29. The van der Waals surface area contributed by atoms with E-state index in [0.29, 0.717) is 13.2 Å². The van der Waals surface area contributed by atoms with Gasteiger partial charge in [-0.25, -0.2) is 0 Å². The van der Waals surface area contributed by atoms with Gasteiger partial charge in [0.05, 0.1) is 25.4 Å². The molecule has 0 aromatic heterocycles. The van der Waals surface area contributed by atoms with Gasteiger partial charge < -0.3 is 15.2 Å². The average Bonchev–Trinajstić information content (AvgIpc) is 2.45. The van der Waals surface area contributed by atoms with Crippen LogP contribution < -0.4 is 5.73 Å². The molecule has 1 aliphatic rings. The molecule has 0 radical (unpaired) electrons. The summed E-state index contributed by atoms with van der Waals surface area (Å²) in [6, 6.07) is 8.41. The number of hydrogen-bond acceptors (Lipinski definition) is 3. The van der Waals surface area contributed by atoms with Crippen LogP contribution in [0, 0.1) is 0 Å². The van der Waals surface area contributed by atoms with E-state index in [1.165, 1.54) is 17.5 Å². The first-order valence-electron chi connectivity index (χ1n) is 7.35. The molecule has 0 fully saturated rings. The van der Waals surface area contributed by atoms with Gasteiger partial charge in [0.2, 0.25) is 0 Å². The SMILES string of the molecule is CCCCOCCOC1CCc2ccccc2C1N. The zero-order chi connectivity index (χ0) is 13.5. The summed E-state index contributed by atoms with van der Waals surface area (Å²) in [6.07, 6.45) is 4.49. The van der Waals surface area contributed by atoms with Crippen molar-refractivity contribution in [3.05, 3.63) is 35.4 Å². The molecule has 106 valence electrons. The van der Waals surface area contributed by atoms with Crippen LogP contribution in [0.3, 0.4) is 0 Å². The molecule has 0 spiro atoms. The zero-order valence-corrected chi connectivity index (χ0v) is 11.8. The Bertz CT molecular complexity index is 381. The summed E-state index contributed by atoms with van der Waals surface area (Å²) in [5.74, 6) is 0. The van der Waals surface area contributed by atoms with Crippen molar-refractivity contribution < 1.29 is 9.47 Å². The number of benzene rings is 1. The van der Waals surface area contributed by atoms with E-state index in [1.807, 2.05) is 0 Å². The maximum Gasteiger partial charge on any atom is 0.0772 e. The van der Waals surface area contributed by atoms with Crippen molar-refractivity contribution in [2.45, 2.75) is 44.8 Å². The lowest BCUT2D eigenvalue weighted by atomic mass is 9.86. The average molecular weight is 263 g/mol. The Labute approximate surface area is 116 Å². The van der Waals surface area contributed by atoms with Gasteiger partial charge in [-0.3, -0.25) is 0 Å². The van der Waals surface area contributed by atoms with Gasteiger partial charge in [0.25, 0.3) is 0 Å². The number of ether oxygens (including phenoxy) is 2. The molecule has 0 heterocycles. The third-order valence-electron chi connectivity index (χ3n) is 3.71. The van der Waals surface area contributed by atoms with Gasteiger partial charge in [-0.2, -0.15) is 0 Å². The molecule has 1 aromatic carbocycles. The lowest BCUT2D eigenvalue weighted by Crippen LogP contribution is -2.34. The fraction of sp³-hybridized carbons (Fsp3) is 0.625. The van der Waals surface area contributed by atoms with Crippen LogP contribution in [0.2, 0.25) is 0 Å². The van der Waals surface area contributed by atoms with Crippen LogP contribution in [0.4, 0.5) is 0 Å². The quantitative estimate of drug-likeness (QED) is 0.769. The van der Waals surface area contributed by atoms with Crippen LogP contribution in [-0.2, 0) is 15.9 Å². The van der Waals surface area contributed by atoms with Crippen molar-refractivity contribution in [2.24, 2.45) is 5.73 Å². The van der Waals surface area contributed by atoms with Gasteiger partial charge in [-0.05, 0) is 30.4 Å². The number of fused-ring (bicyclic) bond motifs is 1.